The van der Waals surface area contributed by atoms with Crippen molar-refractivity contribution < 1.29 is 14.3 Å². The summed E-state index contributed by atoms with van der Waals surface area (Å²) >= 11 is 0. The molecule has 1 atom stereocenters. The lowest BCUT2D eigenvalue weighted by Gasteiger charge is -2.41. The molecule has 9 heteroatoms. The van der Waals surface area contributed by atoms with Gasteiger partial charge in [-0.1, -0.05) is 18.2 Å². The van der Waals surface area contributed by atoms with E-state index in [0.717, 1.165) is 48.4 Å². The van der Waals surface area contributed by atoms with E-state index in [1.54, 1.807) is 11.0 Å². The lowest BCUT2D eigenvalue weighted by molar-refractivity contribution is 0.0698. The van der Waals surface area contributed by atoms with Gasteiger partial charge in [0, 0.05) is 50.0 Å². The number of aryl methyl sites for hydroxylation is 2. The first kappa shape index (κ1) is 27.4. The molecular weight excluding hydrogens is 507 g/mol. The predicted octanol–water partition coefficient (Wildman–Crippen LogP) is 4.11. The number of carbonyl (C=O) groups excluding carboxylic acids is 1. The number of piperazine rings is 1. The highest BCUT2D eigenvalue weighted by molar-refractivity contribution is 5.97. The van der Waals surface area contributed by atoms with E-state index in [-0.39, 0.29) is 24.6 Å². The third-order valence-electron chi connectivity index (χ3n) is 8.01. The standard InChI is InChI=1S/C31H35FN6O2/c1-21-15-22(2)28(35-25-9-11-36(12-10-25)29-6-4-3-5-23(29)17-33)16-27(21)31(40)37-13-14-38(26(19-37)20-39)30-8-7-24(32)18-34-30/h3-8,15-16,18,25-26,35,39H,9-14,19-20H2,1-2H3/t26-/m0/s1. The summed E-state index contributed by atoms with van der Waals surface area (Å²) in [7, 11) is 0. The fourth-order valence-corrected chi connectivity index (χ4v) is 5.77. The van der Waals surface area contributed by atoms with Gasteiger partial charge in [-0.2, -0.15) is 5.26 Å². The SMILES string of the molecule is Cc1cc(C)c(C(=O)N2CCN(c3ccc(F)cn3)[C@H](CO)C2)cc1NC1CCN(c2ccccc2C#N)CC1. The third-order valence-corrected chi connectivity index (χ3v) is 8.01. The molecule has 2 aliphatic heterocycles. The molecule has 0 bridgehead atoms. The van der Waals surface area contributed by atoms with Gasteiger partial charge in [0.2, 0.25) is 0 Å². The van der Waals surface area contributed by atoms with Crippen molar-refractivity contribution in [2.45, 2.75) is 38.8 Å². The van der Waals surface area contributed by atoms with E-state index in [4.69, 9.17) is 0 Å². The van der Waals surface area contributed by atoms with Crippen LogP contribution in [0.3, 0.4) is 0 Å². The van der Waals surface area contributed by atoms with Crippen molar-refractivity contribution >= 4 is 23.1 Å². The quantitative estimate of drug-likeness (QED) is 0.484. The number of aromatic nitrogens is 1. The Kier molecular flexibility index (Phi) is 8.17. The second kappa shape index (κ2) is 11.9. The van der Waals surface area contributed by atoms with Gasteiger partial charge >= 0.3 is 0 Å². The number of halogens is 1. The van der Waals surface area contributed by atoms with Crippen molar-refractivity contribution in [3.05, 3.63) is 82.8 Å². The maximum atomic E-state index is 13.7. The molecule has 0 spiro atoms. The molecule has 40 heavy (non-hydrogen) atoms. The summed E-state index contributed by atoms with van der Waals surface area (Å²) in [6, 6.07) is 16.9. The molecule has 208 valence electrons. The zero-order chi connectivity index (χ0) is 28.2. The number of aliphatic hydroxyl groups excluding tert-OH is 1. The number of hydrogen-bond donors (Lipinski definition) is 2. The summed E-state index contributed by atoms with van der Waals surface area (Å²) in [6.45, 7) is 6.90. The van der Waals surface area contributed by atoms with Crippen molar-refractivity contribution in [1.29, 1.82) is 5.26 Å². The average molecular weight is 543 g/mol. The molecule has 1 amide bonds. The van der Waals surface area contributed by atoms with Gasteiger partial charge in [-0.05, 0) is 68.1 Å². The summed E-state index contributed by atoms with van der Waals surface area (Å²) in [5.74, 6) is 0.119. The third kappa shape index (κ3) is 5.73. The van der Waals surface area contributed by atoms with Crippen LogP contribution in [-0.2, 0) is 0 Å². The molecule has 8 nitrogen and oxygen atoms in total. The number of para-hydroxylation sites is 1. The van der Waals surface area contributed by atoms with Crippen LogP contribution in [0.2, 0.25) is 0 Å². The number of nitrogens with one attached hydrogen (secondary N) is 1. The second-order valence-electron chi connectivity index (χ2n) is 10.6. The summed E-state index contributed by atoms with van der Waals surface area (Å²) in [5, 5.41) is 23.2. The molecular formula is C31H35FN6O2. The molecule has 2 aliphatic rings. The van der Waals surface area contributed by atoms with Crippen molar-refractivity contribution in [2.24, 2.45) is 0 Å². The molecule has 2 fully saturated rings. The molecule has 1 aromatic heterocycles. The number of hydrogen-bond acceptors (Lipinski definition) is 7. The van der Waals surface area contributed by atoms with Gasteiger partial charge in [-0.15, -0.1) is 0 Å². The zero-order valence-corrected chi connectivity index (χ0v) is 23.0. The van der Waals surface area contributed by atoms with Crippen LogP contribution in [0.1, 0.15) is 39.9 Å². The van der Waals surface area contributed by atoms with E-state index in [0.29, 0.717) is 36.6 Å². The molecule has 2 saturated heterocycles. The van der Waals surface area contributed by atoms with Crippen LogP contribution in [0, 0.1) is 31.0 Å². The van der Waals surface area contributed by atoms with Crippen LogP contribution in [0.15, 0.2) is 54.7 Å². The predicted molar refractivity (Wildman–Crippen MR) is 154 cm³/mol. The van der Waals surface area contributed by atoms with Crippen LogP contribution in [0.25, 0.3) is 0 Å². The van der Waals surface area contributed by atoms with Gasteiger partial charge in [-0.25, -0.2) is 9.37 Å². The highest BCUT2D eigenvalue weighted by Gasteiger charge is 2.31. The Hall–Kier alpha value is -4.16. The topological polar surface area (TPSA) is 95.7 Å². The van der Waals surface area contributed by atoms with Crippen LogP contribution < -0.4 is 15.1 Å². The van der Waals surface area contributed by atoms with Crippen LogP contribution in [0.4, 0.5) is 21.6 Å². The van der Waals surface area contributed by atoms with Gasteiger partial charge in [0.25, 0.3) is 5.91 Å². The second-order valence-corrected chi connectivity index (χ2v) is 10.6. The highest BCUT2D eigenvalue weighted by Crippen LogP contribution is 2.28. The lowest BCUT2D eigenvalue weighted by Crippen LogP contribution is -2.56. The number of rotatable bonds is 6. The fraction of sp³-hybridized carbons (Fsp3) is 0.387. The molecule has 3 aromatic rings. The minimum Gasteiger partial charge on any atom is -0.394 e. The Bertz CT molecular complexity index is 1400. The number of pyridine rings is 1. The monoisotopic (exact) mass is 542 g/mol. The van der Waals surface area contributed by atoms with Crippen LogP contribution in [0.5, 0.6) is 0 Å². The summed E-state index contributed by atoms with van der Waals surface area (Å²) in [5.41, 5.74) is 5.30. The first-order chi connectivity index (χ1) is 19.4. The lowest BCUT2D eigenvalue weighted by atomic mass is 9.99. The maximum Gasteiger partial charge on any atom is 0.254 e. The number of aliphatic hydroxyl groups is 1. The Balaban J connectivity index is 1.25. The Morgan fingerprint density at radius 3 is 2.58 bits per heavy atom. The summed E-state index contributed by atoms with van der Waals surface area (Å²) in [4.78, 5) is 23.8. The Morgan fingerprint density at radius 1 is 1.10 bits per heavy atom. The van der Waals surface area contributed by atoms with E-state index in [2.05, 4.69) is 34.3 Å². The number of nitriles is 1. The Morgan fingerprint density at radius 2 is 1.88 bits per heavy atom. The normalized spacial score (nSPS) is 18.0. The van der Waals surface area contributed by atoms with Gasteiger partial charge in [0.1, 0.15) is 17.7 Å². The fourth-order valence-electron chi connectivity index (χ4n) is 5.77. The first-order valence-corrected chi connectivity index (χ1v) is 13.8. The maximum absolute atomic E-state index is 13.7. The number of nitrogens with zero attached hydrogens (tertiary/aromatic N) is 5. The van der Waals surface area contributed by atoms with Crippen molar-refractivity contribution in [2.75, 3.05) is 54.4 Å². The molecule has 3 heterocycles. The largest absolute Gasteiger partial charge is 0.394 e. The average Bonchev–Trinajstić information content (AvgIpc) is 2.98. The van der Waals surface area contributed by atoms with E-state index in [1.165, 1.54) is 12.3 Å². The number of anilines is 3. The van der Waals surface area contributed by atoms with Gasteiger partial charge in [0.05, 0.1) is 30.1 Å². The van der Waals surface area contributed by atoms with Crippen LogP contribution >= 0.6 is 0 Å². The molecule has 0 saturated carbocycles. The van der Waals surface area contributed by atoms with Crippen molar-refractivity contribution in [3.8, 4) is 6.07 Å². The smallest absolute Gasteiger partial charge is 0.254 e. The van der Waals surface area contributed by atoms with Crippen molar-refractivity contribution in [1.82, 2.24) is 9.88 Å². The van der Waals surface area contributed by atoms with Gasteiger partial charge in [0.15, 0.2) is 0 Å². The number of piperidine rings is 1. The van der Waals surface area contributed by atoms with Crippen molar-refractivity contribution in [3.63, 3.8) is 0 Å². The van der Waals surface area contributed by atoms with E-state index >= 15 is 0 Å². The molecule has 0 unspecified atom stereocenters. The van der Waals surface area contributed by atoms with Gasteiger partial charge in [-0.3, -0.25) is 4.79 Å². The van der Waals surface area contributed by atoms with E-state index in [9.17, 15) is 19.6 Å². The molecule has 2 aromatic carbocycles. The molecule has 5 rings (SSSR count). The number of benzene rings is 2. The summed E-state index contributed by atoms with van der Waals surface area (Å²) < 4.78 is 13.3. The Labute approximate surface area is 234 Å². The molecule has 0 radical (unpaired) electrons. The van der Waals surface area contributed by atoms with E-state index in [1.807, 2.05) is 42.2 Å². The van der Waals surface area contributed by atoms with Gasteiger partial charge < -0.3 is 25.1 Å². The molecule has 2 N–H and O–H groups in total. The number of amides is 1. The summed E-state index contributed by atoms with van der Waals surface area (Å²) in [6.07, 6.45) is 3.02. The first-order valence-electron chi connectivity index (χ1n) is 13.8. The molecule has 0 aliphatic carbocycles. The zero-order valence-electron chi connectivity index (χ0n) is 23.0. The minimum atomic E-state index is -0.410. The number of carbonyl (C=O) groups is 1. The minimum absolute atomic E-state index is 0.0614. The highest BCUT2D eigenvalue weighted by atomic mass is 19.1. The van der Waals surface area contributed by atoms with E-state index < -0.39 is 5.82 Å². The van der Waals surface area contributed by atoms with Crippen LogP contribution in [-0.4, -0.2) is 72.3 Å².